The van der Waals surface area contributed by atoms with Gasteiger partial charge in [-0.3, -0.25) is 38.4 Å². The number of hydrogen-bond donors (Lipinski definition) is 8. The highest BCUT2D eigenvalue weighted by molar-refractivity contribution is 5.97. The molecule has 144 heavy (non-hydrogen) atoms. The third-order valence-corrected chi connectivity index (χ3v) is 28.5. The number of rotatable bonds is 20. The normalized spacial score (nSPS) is 19.0. The summed E-state index contributed by atoms with van der Waals surface area (Å²) < 4.78 is 50.6. The lowest BCUT2D eigenvalue weighted by Crippen LogP contribution is -2.50. The van der Waals surface area contributed by atoms with Crippen molar-refractivity contribution in [2.24, 2.45) is 34.8 Å². The van der Waals surface area contributed by atoms with E-state index in [0.717, 1.165) is 66.1 Å². The number of nitrogens with zero attached hydrogens (tertiary/aromatic N) is 10. The van der Waals surface area contributed by atoms with E-state index < -0.39 is 94.3 Å². The van der Waals surface area contributed by atoms with Gasteiger partial charge in [-0.05, 0) is 201 Å². The third kappa shape index (κ3) is 16.6. The van der Waals surface area contributed by atoms with Crippen LogP contribution >= 0.6 is 0 Å². The van der Waals surface area contributed by atoms with Crippen LogP contribution in [-0.4, -0.2) is 169 Å². The van der Waals surface area contributed by atoms with Crippen molar-refractivity contribution in [1.82, 2.24) is 48.0 Å². The Morgan fingerprint density at radius 2 is 0.625 bits per heavy atom. The molecule has 4 unspecified atom stereocenters. The van der Waals surface area contributed by atoms with Crippen LogP contribution in [0.25, 0.3) is 89.2 Å². The highest BCUT2D eigenvalue weighted by Gasteiger charge is 2.56. The molecule has 38 heteroatoms. The summed E-state index contributed by atoms with van der Waals surface area (Å²) in [5.74, 6) is -5.64. The Hall–Kier alpha value is -15.0. The summed E-state index contributed by atoms with van der Waals surface area (Å²) in [6, 6.07) is 23.7. The van der Waals surface area contributed by atoms with Gasteiger partial charge >= 0.3 is 47.8 Å². The first-order chi connectivity index (χ1) is 68.4. The number of esters is 8. The highest BCUT2D eigenvalue weighted by Crippen LogP contribution is 2.50. The minimum atomic E-state index is -1.78. The van der Waals surface area contributed by atoms with Crippen LogP contribution in [0.2, 0.25) is 0 Å². The predicted molar refractivity (Wildman–Crippen MR) is 527 cm³/mol. The summed E-state index contributed by atoms with van der Waals surface area (Å²) in [5, 5.41) is 44.3. The molecule has 20 rings (SSSR count). The van der Waals surface area contributed by atoms with Gasteiger partial charge in [-0.25, -0.2) is 39.1 Å². The van der Waals surface area contributed by atoms with Gasteiger partial charge in [-0.15, -0.1) is 0 Å². The Kier molecular flexibility index (Phi) is 26.6. The van der Waals surface area contributed by atoms with Gasteiger partial charge in [-0.2, -0.15) is 0 Å². The van der Waals surface area contributed by atoms with Crippen molar-refractivity contribution < 1.29 is 96.7 Å². The van der Waals surface area contributed by atoms with Crippen LogP contribution in [0, 0.1) is 11.8 Å². The Morgan fingerprint density at radius 3 is 0.896 bits per heavy atom. The molecule has 0 amide bonds. The Morgan fingerprint density at radius 1 is 0.361 bits per heavy atom. The number of phenolic OH excluding ortho intramolecular Hbond substituents is 4. The van der Waals surface area contributed by atoms with Crippen LogP contribution in [0.4, 0.5) is 0 Å². The number of carbonyl (C=O) groups excluding carboxylic acids is 8. The van der Waals surface area contributed by atoms with Gasteiger partial charge in [0.15, 0.2) is 0 Å². The minimum Gasteiger partial charge on any atom is -0.508 e. The predicted octanol–water partition coefficient (Wildman–Crippen LogP) is 9.25. The fraction of sp³-hybridized carbons (Fsp3) is 0.396. The maximum absolute atomic E-state index is 13.7. The number of ether oxygens (including phenoxy) is 8. The van der Waals surface area contributed by atoms with E-state index in [1.807, 2.05) is 64.0 Å². The zero-order chi connectivity index (χ0) is 104. The number of phenols is 4. The van der Waals surface area contributed by atoms with Crippen LogP contribution in [0.15, 0.2) is 116 Å². The van der Waals surface area contributed by atoms with Crippen molar-refractivity contribution in [3.05, 3.63) is 227 Å². The number of aromatic nitrogens is 8. The average Bonchev–Trinajstić information content (AvgIpc) is 1.53. The van der Waals surface area contributed by atoms with Gasteiger partial charge in [0.2, 0.25) is 22.4 Å². The number of carbonyl (C=O) groups is 8. The standard InChI is InChI=1S/C28H32N4O6.C27H29N3O6.C26H28N4O6.C25H25N3O6/c1-6-28(38-26(35)23(29)14(2)3)19-10-21-24-15(11-32(21)25(34)18(19)13-37-27(28)36)9-16-17(12-31(4)5)22(33)8-7-20(16)30-24;1-5-15-16-9-14(31)7-8-20(16)29-23-17(15)11-30-21(23)10-19-18(24(30)32)12-35-26(34)27(19,6-2)36-25(33)22(28)13(3)4;1-5-26(36-24(33)13(2)27)18-9-20-22-14(10-30(20)23(32)17(18)12-35-25(26)34)8-15-16(11-29(3)4)21(31)7-6-19(15)28-22;1-4-14-15-8-13(29)6-7-19(15)27-21-16(14)10-28-20(21)9-18-17(22(28)30)11-33-24(32)25(18,5-2)34-23(31)12(3)26/h7-10,14,23,33H,6,11-13,29H2,1-5H3;7-10,13,22,31H,5-6,11-12,28H2,1-4H3;6-9,13,31H,5,10-12,27H2,1-4H3;6-9,12,29H,4-5,10-11,26H2,1-3H3/t23?,28-;22?,27-;13?,26-;12?,25-/m0000/s1. The summed E-state index contributed by atoms with van der Waals surface area (Å²) >= 11 is 0. The van der Waals surface area contributed by atoms with Crippen molar-refractivity contribution in [3.8, 4) is 68.5 Å². The summed E-state index contributed by atoms with van der Waals surface area (Å²) in [6.07, 6.45) is 1.67. The van der Waals surface area contributed by atoms with E-state index in [4.69, 9.17) is 80.8 Å². The van der Waals surface area contributed by atoms with Crippen LogP contribution < -0.4 is 45.2 Å². The fourth-order valence-electron chi connectivity index (χ4n) is 20.5. The topological polar surface area (TPSA) is 541 Å². The molecular weight excluding hydrogens is 1850 g/mol. The molecule has 8 aliphatic heterocycles. The number of fused-ring (bicyclic) bond motifs is 20. The van der Waals surface area contributed by atoms with E-state index in [2.05, 4.69) is 0 Å². The third-order valence-electron chi connectivity index (χ3n) is 28.5. The Labute approximate surface area is 824 Å². The van der Waals surface area contributed by atoms with Gasteiger partial charge in [0.25, 0.3) is 22.2 Å². The van der Waals surface area contributed by atoms with E-state index >= 15 is 0 Å². The molecule has 0 radical (unpaired) electrons. The molecule has 0 saturated carbocycles. The van der Waals surface area contributed by atoms with E-state index in [1.165, 1.54) is 13.8 Å². The second kappa shape index (κ2) is 38.1. The number of nitrogens with two attached hydrogens (primary N) is 4. The molecule has 12 N–H and O–H groups in total. The number of benzene rings is 4. The highest BCUT2D eigenvalue weighted by atomic mass is 16.6. The zero-order valence-corrected chi connectivity index (χ0v) is 82.8. The quantitative estimate of drug-likeness (QED) is 0.0260. The van der Waals surface area contributed by atoms with Crippen molar-refractivity contribution in [3.63, 3.8) is 0 Å². The van der Waals surface area contributed by atoms with Crippen LogP contribution in [0.1, 0.15) is 198 Å². The molecule has 8 atom stereocenters. The lowest BCUT2D eigenvalue weighted by atomic mass is 9.85. The molecule has 4 aromatic carbocycles. The van der Waals surface area contributed by atoms with Crippen LogP contribution in [-0.2, 0) is 177 Å². The molecule has 0 spiro atoms. The summed E-state index contributed by atoms with van der Waals surface area (Å²) in [4.78, 5) is 181. The first kappa shape index (κ1) is 101. The monoisotopic (exact) mass is 1970 g/mol. The van der Waals surface area contributed by atoms with E-state index in [0.29, 0.717) is 129 Å². The first-order valence-corrected chi connectivity index (χ1v) is 48.0. The molecule has 12 aromatic rings. The van der Waals surface area contributed by atoms with E-state index in [-0.39, 0.29) is 145 Å². The smallest absolute Gasteiger partial charge is 0.355 e. The summed E-state index contributed by atoms with van der Waals surface area (Å²) in [7, 11) is 7.67. The van der Waals surface area contributed by atoms with Gasteiger partial charge in [0.05, 0.1) is 116 Å². The largest absolute Gasteiger partial charge is 0.508 e. The Balaban J connectivity index is 0.000000132. The second-order valence-electron chi connectivity index (χ2n) is 38.8. The summed E-state index contributed by atoms with van der Waals surface area (Å²) in [6.45, 7) is 22.3. The molecule has 752 valence electrons. The van der Waals surface area contributed by atoms with Crippen molar-refractivity contribution in [2.75, 3.05) is 28.2 Å². The molecule has 38 nitrogen and oxygen atoms in total. The molecule has 0 aliphatic carbocycles. The number of pyridine rings is 8. The molecule has 8 aromatic heterocycles. The van der Waals surface area contributed by atoms with Crippen LogP contribution in [0.3, 0.4) is 0 Å². The van der Waals surface area contributed by atoms with Crippen molar-refractivity contribution >= 4 is 91.4 Å². The van der Waals surface area contributed by atoms with E-state index in [1.54, 1.807) is 159 Å². The number of aromatic hydroxyl groups is 4. The van der Waals surface area contributed by atoms with Gasteiger partial charge in [0, 0.05) is 90.3 Å². The zero-order valence-electron chi connectivity index (χ0n) is 82.8. The van der Waals surface area contributed by atoms with Gasteiger partial charge < -0.3 is 109 Å². The number of hydrogen-bond acceptors (Lipinski definition) is 34. The second-order valence-corrected chi connectivity index (χ2v) is 38.8. The SMILES string of the molecule is CC[C@@]1(OC(=O)C(C)N)C(=O)OCc2c1cc1n(c2=O)Cc2cc3c(CN(C)C)c(O)ccc3nc2-1.CC[C@@]1(OC(=O)C(N)C(C)C)C(=O)OCc2c1cc1n(c2=O)Cc2cc3c(CN(C)C)c(O)ccc3nc2-1.CCc1c2c(nc3ccc(O)cc13)-c1cc3c(c(=O)n1C2)COC(=O)[C@@]3(CC)OC(=O)C(C)N.CCc1c2c(nc3ccc(O)cc13)-c1cc3c(c(=O)n1C2)COC(=O)[C@@]3(CC)OC(=O)C(N)C(C)C. The van der Waals surface area contributed by atoms with Gasteiger partial charge in [0.1, 0.15) is 73.6 Å². The number of cyclic esters (lactones) is 4. The molecule has 0 bridgehead atoms. The molecule has 0 fully saturated rings. The lowest BCUT2D eigenvalue weighted by Gasteiger charge is -2.36. The summed E-state index contributed by atoms with van der Waals surface area (Å²) in [5.41, 5.74) is 31.7. The lowest BCUT2D eigenvalue weighted by molar-refractivity contribution is -0.190. The first-order valence-electron chi connectivity index (χ1n) is 48.0. The molecular formula is C106H114N14O24. The van der Waals surface area contributed by atoms with Gasteiger partial charge in [-0.1, -0.05) is 69.2 Å². The average molecular weight is 1970 g/mol. The van der Waals surface area contributed by atoms with Crippen molar-refractivity contribution in [1.29, 1.82) is 0 Å². The van der Waals surface area contributed by atoms with Crippen LogP contribution in [0.5, 0.6) is 23.0 Å². The van der Waals surface area contributed by atoms with E-state index in [9.17, 15) is 78.0 Å². The molecule has 16 heterocycles. The fourth-order valence-corrected chi connectivity index (χ4v) is 20.5. The maximum Gasteiger partial charge on any atom is 0.355 e. The molecule has 8 aliphatic rings. The van der Waals surface area contributed by atoms with Crippen molar-refractivity contribution in [2.45, 2.75) is 234 Å². The number of aryl methyl sites for hydroxylation is 2. The molecule has 0 saturated heterocycles. The maximum atomic E-state index is 13.7. The Bertz CT molecular complexity index is 7770. The minimum absolute atomic E-state index is 0.0729.